The minimum atomic E-state index is -1.35. The summed E-state index contributed by atoms with van der Waals surface area (Å²) in [5.74, 6) is 0.398. The van der Waals surface area contributed by atoms with E-state index < -0.39 is 6.23 Å². The molecular formula is C22H29N5O3. The van der Waals surface area contributed by atoms with Crippen molar-refractivity contribution < 1.29 is 15.3 Å². The predicted octanol–water partition coefficient (Wildman–Crippen LogP) is 2.87. The number of phenols is 2. The number of phenolic OH excluding ortho intramolecular Hbond substituents is 2. The summed E-state index contributed by atoms with van der Waals surface area (Å²) in [6, 6.07) is 10.8. The van der Waals surface area contributed by atoms with Gasteiger partial charge in [0.2, 0.25) is 0 Å². The molecule has 0 saturated carbocycles. The van der Waals surface area contributed by atoms with Crippen molar-refractivity contribution in [1.29, 1.82) is 0 Å². The Hall–Kier alpha value is -2.94. The molecule has 30 heavy (non-hydrogen) atoms. The third kappa shape index (κ3) is 4.30. The molecule has 0 amide bonds. The van der Waals surface area contributed by atoms with Crippen molar-refractivity contribution in [3.8, 4) is 28.6 Å². The molecule has 3 aromatic rings. The lowest BCUT2D eigenvalue weighted by atomic mass is 9.98. The first kappa shape index (κ1) is 21.8. The highest BCUT2D eigenvalue weighted by Gasteiger charge is 2.23. The van der Waals surface area contributed by atoms with Gasteiger partial charge in [0.15, 0.2) is 17.9 Å². The quantitative estimate of drug-likeness (QED) is 0.441. The molecule has 8 heteroatoms. The maximum absolute atomic E-state index is 10.5. The normalized spacial score (nSPS) is 12.7. The fourth-order valence-electron chi connectivity index (χ4n) is 3.33. The monoisotopic (exact) mass is 411 g/mol. The number of aromatic nitrogens is 3. The van der Waals surface area contributed by atoms with Crippen molar-refractivity contribution in [3.63, 3.8) is 0 Å². The van der Waals surface area contributed by atoms with Crippen molar-refractivity contribution in [2.24, 2.45) is 5.73 Å². The predicted molar refractivity (Wildman–Crippen MR) is 115 cm³/mol. The molecule has 1 unspecified atom stereocenters. The zero-order valence-electron chi connectivity index (χ0n) is 17.7. The molecule has 0 saturated heterocycles. The van der Waals surface area contributed by atoms with Crippen LogP contribution in [-0.4, -0.2) is 48.6 Å². The number of aliphatic hydroxyl groups excluding tert-OH is 1. The Morgan fingerprint density at radius 2 is 1.73 bits per heavy atom. The van der Waals surface area contributed by atoms with Crippen LogP contribution in [0.25, 0.3) is 17.1 Å². The Morgan fingerprint density at radius 3 is 2.30 bits per heavy atom. The fraction of sp³-hybridized carbons (Fsp3) is 0.364. The molecule has 1 atom stereocenters. The average Bonchev–Trinajstić information content (AvgIpc) is 3.13. The maximum atomic E-state index is 10.5. The second-order valence-corrected chi connectivity index (χ2v) is 7.74. The molecule has 1 heterocycles. The lowest BCUT2D eigenvalue weighted by molar-refractivity contribution is 0.174. The number of rotatable bonds is 7. The summed E-state index contributed by atoms with van der Waals surface area (Å²) < 4.78 is 1.62. The van der Waals surface area contributed by atoms with Crippen LogP contribution in [0.4, 0.5) is 0 Å². The van der Waals surface area contributed by atoms with E-state index in [-0.39, 0.29) is 23.2 Å². The smallest absolute Gasteiger partial charge is 0.181 e. The molecule has 3 rings (SSSR count). The van der Waals surface area contributed by atoms with E-state index >= 15 is 0 Å². The van der Waals surface area contributed by atoms with Crippen LogP contribution >= 0.6 is 0 Å². The molecule has 0 aliphatic carbocycles. The van der Waals surface area contributed by atoms with E-state index in [0.29, 0.717) is 22.6 Å². The molecule has 0 bridgehead atoms. The molecule has 0 spiro atoms. The molecular weight excluding hydrogens is 382 g/mol. The number of nitrogens with zero attached hydrogens (tertiary/aromatic N) is 4. The van der Waals surface area contributed by atoms with Gasteiger partial charge in [-0.1, -0.05) is 32.9 Å². The van der Waals surface area contributed by atoms with Crippen molar-refractivity contribution in [1.82, 2.24) is 19.7 Å². The minimum absolute atomic E-state index is 0.0146. The Kier molecular flexibility index (Phi) is 6.40. The van der Waals surface area contributed by atoms with Crippen LogP contribution in [-0.2, 0) is 6.54 Å². The zero-order chi connectivity index (χ0) is 22.0. The van der Waals surface area contributed by atoms with Crippen molar-refractivity contribution in [3.05, 3.63) is 53.3 Å². The van der Waals surface area contributed by atoms with Gasteiger partial charge in [0.05, 0.1) is 5.56 Å². The van der Waals surface area contributed by atoms with E-state index in [0.717, 1.165) is 18.7 Å². The van der Waals surface area contributed by atoms with Crippen LogP contribution in [0.15, 0.2) is 36.4 Å². The Bertz CT molecular complexity index is 1010. The molecule has 0 aliphatic heterocycles. The second kappa shape index (κ2) is 8.83. The molecule has 5 N–H and O–H groups in total. The first-order valence-electron chi connectivity index (χ1n) is 9.96. The molecule has 0 fully saturated rings. The average molecular weight is 412 g/mol. The molecule has 2 aromatic carbocycles. The number of nitrogens with two attached hydrogens (primary N) is 1. The molecule has 1 aromatic heterocycles. The highest BCUT2D eigenvalue weighted by Crippen LogP contribution is 2.38. The van der Waals surface area contributed by atoms with Crippen LogP contribution in [0.3, 0.4) is 0 Å². The van der Waals surface area contributed by atoms with Gasteiger partial charge in [0.1, 0.15) is 11.5 Å². The summed E-state index contributed by atoms with van der Waals surface area (Å²) in [6.45, 7) is 7.75. The van der Waals surface area contributed by atoms with E-state index in [1.54, 1.807) is 10.6 Å². The van der Waals surface area contributed by atoms with E-state index in [2.05, 4.69) is 29.1 Å². The van der Waals surface area contributed by atoms with Gasteiger partial charge < -0.3 is 20.2 Å². The van der Waals surface area contributed by atoms with Crippen LogP contribution in [0, 0.1) is 0 Å². The van der Waals surface area contributed by atoms with Crippen LogP contribution < -0.4 is 5.73 Å². The number of benzene rings is 2. The molecule has 160 valence electrons. The molecule has 8 nitrogen and oxygen atoms in total. The summed E-state index contributed by atoms with van der Waals surface area (Å²) in [5.41, 5.74) is 8.63. The maximum Gasteiger partial charge on any atom is 0.181 e. The summed E-state index contributed by atoms with van der Waals surface area (Å²) in [4.78, 5) is 2.19. The van der Waals surface area contributed by atoms with Crippen LogP contribution in [0.1, 0.15) is 49.9 Å². The second-order valence-electron chi connectivity index (χ2n) is 7.74. The van der Waals surface area contributed by atoms with Crippen LogP contribution in [0.2, 0.25) is 0 Å². The van der Waals surface area contributed by atoms with Gasteiger partial charge in [0.25, 0.3) is 0 Å². The summed E-state index contributed by atoms with van der Waals surface area (Å²) in [7, 11) is 2.05. The Labute approximate surface area is 176 Å². The number of hydrogen-bond acceptors (Lipinski definition) is 7. The number of aromatic hydroxyl groups is 2. The standard InChI is InChI=1S/C22H29N5O3/c1-5-26(4)12-14-6-8-15(9-7-14)27-21(24-25-22(27)20(23)30)17-10-16(13(2)3)18(28)11-19(17)29/h6-11,13,20,28-30H,5,12,23H2,1-4H3. The van der Waals surface area contributed by atoms with Gasteiger partial charge in [-0.15, -0.1) is 10.2 Å². The first-order valence-corrected chi connectivity index (χ1v) is 9.96. The van der Waals surface area contributed by atoms with E-state index in [1.165, 1.54) is 6.07 Å². The van der Waals surface area contributed by atoms with Gasteiger partial charge in [-0.2, -0.15) is 0 Å². The lowest BCUT2D eigenvalue weighted by Gasteiger charge is -2.17. The van der Waals surface area contributed by atoms with Gasteiger partial charge in [-0.25, -0.2) is 0 Å². The van der Waals surface area contributed by atoms with Gasteiger partial charge in [-0.05, 0) is 48.8 Å². The lowest BCUT2D eigenvalue weighted by Crippen LogP contribution is -2.17. The van der Waals surface area contributed by atoms with E-state index in [1.807, 2.05) is 38.1 Å². The summed E-state index contributed by atoms with van der Waals surface area (Å²) in [5, 5.41) is 38.9. The SMILES string of the molecule is CCN(C)Cc1ccc(-n2c(-c3cc(C(C)C)c(O)cc3O)nnc2C(N)O)cc1. The van der Waals surface area contributed by atoms with Gasteiger partial charge >= 0.3 is 0 Å². The minimum Gasteiger partial charge on any atom is -0.508 e. The van der Waals surface area contributed by atoms with E-state index in [9.17, 15) is 15.3 Å². The van der Waals surface area contributed by atoms with Crippen molar-refractivity contribution in [2.45, 2.75) is 39.5 Å². The fourth-order valence-corrected chi connectivity index (χ4v) is 3.33. The highest BCUT2D eigenvalue weighted by atomic mass is 16.3. The number of aliphatic hydroxyl groups is 1. The molecule has 0 aliphatic rings. The zero-order valence-corrected chi connectivity index (χ0v) is 17.7. The van der Waals surface area contributed by atoms with Crippen LogP contribution in [0.5, 0.6) is 11.5 Å². The summed E-state index contributed by atoms with van der Waals surface area (Å²) >= 11 is 0. The molecule has 0 radical (unpaired) electrons. The number of hydrogen-bond donors (Lipinski definition) is 4. The topological polar surface area (TPSA) is 121 Å². The van der Waals surface area contributed by atoms with E-state index in [4.69, 9.17) is 5.73 Å². The van der Waals surface area contributed by atoms with Gasteiger partial charge in [-0.3, -0.25) is 10.3 Å². The summed E-state index contributed by atoms with van der Waals surface area (Å²) in [6.07, 6.45) is -1.35. The Balaban J connectivity index is 2.13. The highest BCUT2D eigenvalue weighted by molar-refractivity contribution is 5.69. The largest absolute Gasteiger partial charge is 0.508 e. The van der Waals surface area contributed by atoms with Gasteiger partial charge in [0, 0.05) is 18.3 Å². The van der Waals surface area contributed by atoms with Crippen molar-refractivity contribution >= 4 is 0 Å². The van der Waals surface area contributed by atoms with Crippen molar-refractivity contribution in [2.75, 3.05) is 13.6 Å². The third-order valence-electron chi connectivity index (χ3n) is 5.15. The Morgan fingerprint density at radius 1 is 1.07 bits per heavy atom. The first-order chi connectivity index (χ1) is 14.2. The third-order valence-corrected chi connectivity index (χ3v) is 5.15.